The van der Waals surface area contributed by atoms with E-state index in [1.165, 1.54) is 5.56 Å². The first-order valence-corrected chi connectivity index (χ1v) is 2.29. The van der Waals surface area contributed by atoms with Gasteiger partial charge in [0, 0.05) is 25.5 Å². The monoisotopic (exact) mass is 94.1 g/mol. The summed E-state index contributed by atoms with van der Waals surface area (Å²) in [6.07, 6.45) is 3.94. The molecule has 0 saturated heterocycles. The summed E-state index contributed by atoms with van der Waals surface area (Å²) in [5.41, 5.74) is 1.20. The maximum atomic E-state index is 3.03. The van der Waals surface area contributed by atoms with Crippen LogP contribution in [0.1, 0.15) is 5.56 Å². The van der Waals surface area contributed by atoms with Crippen molar-refractivity contribution in [2.45, 2.75) is 6.92 Å². The molecular formula is C6H8N. The molecule has 0 aliphatic heterocycles. The zero-order chi connectivity index (χ0) is 5.28. The van der Waals surface area contributed by atoms with Gasteiger partial charge in [-0.05, 0) is 12.5 Å². The normalized spacial score (nSPS) is 9.43. The highest BCUT2D eigenvalue weighted by Crippen LogP contribution is 1.92. The van der Waals surface area contributed by atoms with E-state index in [-0.39, 0.29) is 0 Å². The Kier molecular flexibility index (Phi) is 0.895. The highest BCUT2D eigenvalue weighted by atomic mass is 14.9. The fraction of sp³-hybridized carbons (Fsp3) is 0.333. The maximum absolute atomic E-state index is 3.03. The SMILES string of the molecule is Cc1[c]cn(C)c1. The van der Waals surface area contributed by atoms with Crippen molar-refractivity contribution in [2.24, 2.45) is 7.05 Å². The molecule has 1 aromatic heterocycles. The van der Waals surface area contributed by atoms with Gasteiger partial charge in [-0.15, -0.1) is 0 Å². The third-order valence-electron chi connectivity index (χ3n) is 0.893. The molecule has 1 heterocycles. The van der Waals surface area contributed by atoms with E-state index >= 15 is 0 Å². The molecule has 0 saturated carbocycles. The minimum atomic E-state index is 1.20. The molecule has 1 radical (unpaired) electrons. The van der Waals surface area contributed by atoms with Crippen LogP contribution in [0, 0.1) is 13.0 Å². The molecule has 0 atom stereocenters. The molecule has 0 aromatic carbocycles. The molecule has 0 aliphatic carbocycles. The fourth-order valence-corrected chi connectivity index (χ4v) is 0.584. The molecular weight excluding hydrogens is 86.1 g/mol. The Morgan fingerprint density at radius 3 is 2.57 bits per heavy atom. The van der Waals surface area contributed by atoms with Gasteiger partial charge >= 0.3 is 0 Å². The summed E-state index contributed by atoms with van der Waals surface area (Å²) in [5.74, 6) is 0. The Hall–Kier alpha value is -0.720. The van der Waals surface area contributed by atoms with E-state index < -0.39 is 0 Å². The van der Waals surface area contributed by atoms with Crippen molar-refractivity contribution in [1.82, 2.24) is 4.57 Å². The number of nitrogens with zero attached hydrogens (tertiary/aromatic N) is 1. The van der Waals surface area contributed by atoms with Gasteiger partial charge in [-0.1, -0.05) is 0 Å². The summed E-state index contributed by atoms with van der Waals surface area (Å²) in [7, 11) is 1.99. The Bertz CT molecular complexity index is 136. The van der Waals surface area contributed by atoms with Gasteiger partial charge in [0.1, 0.15) is 0 Å². The van der Waals surface area contributed by atoms with Gasteiger partial charge in [0.05, 0.1) is 0 Å². The molecule has 0 amide bonds. The predicted octanol–water partition coefficient (Wildman–Crippen LogP) is 1.13. The van der Waals surface area contributed by atoms with Gasteiger partial charge in [0.2, 0.25) is 0 Å². The van der Waals surface area contributed by atoms with Gasteiger partial charge in [0.15, 0.2) is 0 Å². The third kappa shape index (κ3) is 0.829. The van der Waals surface area contributed by atoms with Crippen LogP contribution in [0.4, 0.5) is 0 Å². The van der Waals surface area contributed by atoms with Crippen LogP contribution in [-0.4, -0.2) is 4.57 Å². The van der Waals surface area contributed by atoms with Crippen LogP contribution in [0.5, 0.6) is 0 Å². The number of rotatable bonds is 0. The lowest BCUT2D eigenvalue weighted by Crippen LogP contribution is -1.76. The minimum Gasteiger partial charge on any atom is -0.356 e. The second-order valence-electron chi connectivity index (χ2n) is 1.75. The van der Waals surface area contributed by atoms with Crippen molar-refractivity contribution in [3.63, 3.8) is 0 Å². The van der Waals surface area contributed by atoms with Crippen LogP contribution in [0.25, 0.3) is 0 Å². The smallest absolute Gasteiger partial charge is 0.0114 e. The lowest BCUT2D eigenvalue weighted by Gasteiger charge is -1.80. The molecule has 0 spiro atoms. The molecule has 7 heavy (non-hydrogen) atoms. The van der Waals surface area contributed by atoms with Crippen molar-refractivity contribution in [3.05, 3.63) is 24.0 Å². The van der Waals surface area contributed by atoms with Crippen LogP contribution in [-0.2, 0) is 7.05 Å². The molecule has 0 unspecified atom stereocenters. The van der Waals surface area contributed by atoms with Crippen LogP contribution in [0.15, 0.2) is 12.4 Å². The minimum absolute atomic E-state index is 1.20. The van der Waals surface area contributed by atoms with Crippen LogP contribution >= 0.6 is 0 Å². The first kappa shape index (κ1) is 4.44. The predicted molar refractivity (Wildman–Crippen MR) is 29.0 cm³/mol. The quantitative estimate of drug-likeness (QED) is 0.454. The third-order valence-corrected chi connectivity index (χ3v) is 0.893. The van der Waals surface area contributed by atoms with Crippen LogP contribution < -0.4 is 0 Å². The highest BCUT2D eigenvalue weighted by molar-refractivity contribution is 5.03. The second-order valence-corrected chi connectivity index (χ2v) is 1.75. The fourth-order valence-electron chi connectivity index (χ4n) is 0.584. The van der Waals surface area contributed by atoms with Gasteiger partial charge in [0.25, 0.3) is 0 Å². The Labute approximate surface area is 43.6 Å². The largest absolute Gasteiger partial charge is 0.356 e. The van der Waals surface area contributed by atoms with E-state index in [9.17, 15) is 0 Å². The van der Waals surface area contributed by atoms with E-state index in [0.29, 0.717) is 0 Å². The second kappa shape index (κ2) is 1.41. The zero-order valence-electron chi connectivity index (χ0n) is 4.60. The lowest BCUT2D eigenvalue weighted by molar-refractivity contribution is 0.924. The van der Waals surface area contributed by atoms with E-state index in [2.05, 4.69) is 6.07 Å². The Morgan fingerprint density at radius 1 is 1.71 bits per heavy atom. The van der Waals surface area contributed by atoms with Crippen molar-refractivity contribution in [1.29, 1.82) is 0 Å². The molecule has 1 aromatic rings. The molecule has 0 fully saturated rings. The molecule has 0 bridgehead atoms. The zero-order valence-corrected chi connectivity index (χ0v) is 4.60. The number of aromatic nitrogens is 1. The number of hydrogen-bond acceptors (Lipinski definition) is 0. The molecule has 1 rings (SSSR count). The van der Waals surface area contributed by atoms with Crippen LogP contribution in [0.3, 0.4) is 0 Å². The summed E-state index contributed by atoms with van der Waals surface area (Å²) in [6.45, 7) is 2.03. The standard InChI is InChI=1S/C6H8N/c1-6-3-4-7(2)5-6/h4-5H,1-2H3. The van der Waals surface area contributed by atoms with Crippen molar-refractivity contribution in [3.8, 4) is 0 Å². The lowest BCUT2D eigenvalue weighted by atomic mass is 10.4. The molecule has 0 aliphatic rings. The van der Waals surface area contributed by atoms with Gasteiger partial charge in [-0.3, -0.25) is 0 Å². The summed E-state index contributed by atoms with van der Waals surface area (Å²) in [5, 5.41) is 0. The Morgan fingerprint density at radius 2 is 2.43 bits per heavy atom. The average Bonchev–Trinajstić information content (AvgIpc) is 1.87. The first-order chi connectivity index (χ1) is 3.29. The first-order valence-electron chi connectivity index (χ1n) is 2.29. The van der Waals surface area contributed by atoms with Gasteiger partial charge in [-0.25, -0.2) is 0 Å². The Balaban J connectivity index is 3.04. The summed E-state index contributed by atoms with van der Waals surface area (Å²) in [4.78, 5) is 0. The average molecular weight is 94.1 g/mol. The summed E-state index contributed by atoms with van der Waals surface area (Å²) in [6, 6.07) is 3.03. The van der Waals surface area contributed by atoms with Gasteiger partial charge in [-0.2, -0.15) is 0 Å². The van der Waals surface area contributed by atoms with Crippen molar-refractivity contribution >= 4 is 0 Å². The van der Waals surface area contributed by atoms with E-state index in [4.69, 9.17) is 0 Å². The van der Waals surface area contributed by atoms with Crippen LogP contribution in [0.2, 0.25) is 0 Å². The number of aryl methyl sites for hydroxylation is 2. The summed E-state index contributed by atoms with van der Waals surface area (Å²) < 4.78 is 1.98. The maximum Gasteiger partial charge on any atom is 0.0114 e. The van der Waals surface area contributed by atoms with E-state index in [1.807, 2.05) is 30.9 Å². The number of hydrogen-bond donors (Lipinski definition) is 0. The van der Waals surface area contributed by atoms with Crippen molar-refractivity contribution in [2.75, 3.05) is 0 Å². The van der Waals surface area contributed by atoms with Gasteiger partial charge < -0.3 is 4.57 Å². The molecule has 37 valence electrons. The topological polar surface area (TPSA) is 4.93 Å². The van der Waals surface area contributed by atoms with E-state index in [0.717, 1.165) is 0 Å². The van der Waals surface area contributed by atoms with E-state index in [1.54, 1.807) is 0 Å². The molecule has 1 heteroatoms. The molecule has 1 nitrogen and oxygen atoms in total. The summed E-state index contributed by atoms with van der Waals surface area (Å²) >= 11 is 0. The van der Waals surface area contributed by atoms with Crippen molar-refractivity contribution < 1.29 is 0 Å². The molecule has 0 N–H and O–H groups in total. The highest BCUT2D eigenvalue weighted by Gasteiger charge is 1.81.